The fourth-order valence-electron chi connectivity index (χ4n) is 2.87. The molecule has 0 bridgehead atoms. The lowest BCUT2D eigenvalue weighted by molar-refractivity contribution is -0.291. The molecule has 1 rings (SSSR count). The number of carbonyl (C=O) groups is 2. The average Bonchev–Trinajstić information content (AvgIpc) is 2.86. The van der Waals surface area contributed by atoms with Gasteiger partial charge in [-0.25, -0.2) is 9.59 Å². The quantitative estimate of drug-likeness (QED) is 0.199. The van der Waals surface area contributed by atoms with Gasteiger partial charge in [0.25, 0.3) is 0 Å². The summed E-state index contributed by atoms with van der Waals surface area (Å²) in [5.41, 5.74) is 2.62. The third-order valence-corrected chi connectivity index (χ3v) is 5.14. The van der Waals surface area contributed by atoms with E-state index in [-0.39, 0.29) is 11.5 Å². The molecule has 0 aliphatic carbocycles. The predicted molar refractivity (Wildman–Crippen MR) is 134 cm³/mol. The van der Waals surface area contributed by atoms with Crippen LogP contribution < -0.4 is 0 Å². The average molecular weight is 505 g/mol. The fourth-order valence-corrected chi connectivity index (χ4v) is 2.87. The predicted octanol–water partition coefficient (Wildman–Crippen LogP) is 1.96. The summed E-state index contributed by atoms with van der Waals surface area (Å²) in [6.07, 6.45) is 10.3. The maximum Gasteiger partial charge on any atom is 0.336 e. The number of aliphatic hydroxyl groups excluding tert-OH is 4. The van der Waals surface area contributed by atoms with Gasteiger partial charge in [-0.1, -0.05) is 71.9 Å². The highest BCUT2D eigenvalue weighted by Gasteiger charge is 2.45. The Labute approximate surface area is 211 Å². The summed E-state index contributed by atoms with van der Waals surface area (Å²) in [4.78, 5) is 23.6. The summed E-state index contributed by atoms with van der Waals surface area (Å²) >= 11 is 0. The van der Waals surface area contributed by atoms with Crippen LogP contribution in [0.15, 0.2) is 83.1 Å². The number of rotatable bonds is 10. The molecule has 1 saturated heterocycles. The highest BCUT2D eigenvalue weighted by molar-refractivity contribution is 5.88. The summed E-state index contributed by atoms with van der Waals surface area (Å²) in [5, 5.41) is 38.7. The van der Waals surface area contributed by atoms with E-state index in [1.165, 1.54) is 20.1 Å². The van der Waals surface area contributed by atoms with Gasteiger partial charge >= 0.3 is 11.9 Å². The number of carbonyl (C=O) groups excluding carboxylic acids is 2. The minimum atomic E-state index is -1.65. The molecule has 0 aromatic heterocycles. The van der Waals surface area contributed by atoms with Gasteiger partial charge in [0.2, 0.25) is 6.29 Å². The van der Waals surface area contributed by atoms with Crippen molar-refractivity contribution in [1.29, 1.82) is 0 Å². The number of esters is 2. The Hall–Kier alpha value is -3.08. The molecule has 9 nitrogen and oxygen atoms in total. The Bertz CT molecular complexity index is 964. The van der Waals surface area contributed by atoms with Crippen LogP contribution in [-0.2, 0) is 23.8 Å². The maximum absolute atomic E-state index is 12.3. The number of aliphatic hydroxyl groups is 4. The van der Waals surface area contributed by atoms with Crippen molar-refractivity contribution < 1.29 is 44.2 Å². The molecule has 4 N–H and O–H groups in total. The zero-order valence-electron chi connectivity index (χ0n) is 21.2. The van der Waals surface area contributed by atoms with E-state index in [1.807, 2.05) is 44.2 Å². The molecule has 0 spiro atoms. The lowest BCUT2D eigenvalue weighted by Gasteiger charge is -2.39. The van der Waals surface area contributed by atoms with E-state index in [0.717, 1.165) is 11.1 Å². The van der Waals surface area contributed by atoms with Crippen molar-refractivity contribution in [3.63, 3.8) is 0 Å². The van der Waals surface area contributed by atoms with Gasteiger partial charge in [-0.2, -0.15) is 0 Å². The van der Waals surface area contributed by atoms with Crippen LogP contribution in [0.25, 0.3) is 0 Å². The molecule has 0 radical (unpaired) electrons. The van der Waals surface area contributed by atoms with Crippen LogP contribution in [0.2, 0.25) is 0 Å². The van der Waals surface area contributed by atoms with Crippen LogP contribution in [0.5, 0.6) is 0 Å². The van der Waals surface area contributed by atoms with E-state index in [2.05, 4.69) is 4.74 Å². The molecule has 0 amide bonds. The van der Waals surface area contributed by atoms with E-state index in [0.29, 0.717) is 5.57 Å². The zero-order valence-corrected chi connectivity index (χ0v) is 21.2. The van der Waals surface area contributed by atoms with Crippen LogP contribution in [0.1, 0.15) is 27.7 Å². The molecule has 1 aliphatic rings. The van der Waals surface area contributed by atoms with Crippen molar-refractivity contribution in [3.05, 3.63) is 83.1 Å². The van der Waals surface area contributed by atoms with Gasteiger partial charge in [0.15, 0.2) is 0 Å². The van der Waals surface area contributed by atoms with Gasteiger partial charge in [0, 0.05) is 11.1 Å². The molecule has 1 heterocycles. The first-order valence-electron chi connectivity index (χ1n) is 11.3. The van der Waals surface area contributed by atoms with E-state index in [1.54, 1.807) is 31.2 Å². The van der Waals surface area contributed by atoms with E-state index in [4.69, 9.17) is 9.47 Å². The van der Waals surface area contributed by atoms with Crippen molar-refractivity contribution in [2.24, 2.45) is 0 Å². The largest absolute Gasteiger partial charge is 0.466 e. The molecule has 36 heavy (non-hydrogen) atoms. The molecule has 198 valence electrons. The second-order valence-corrected chi connectivity index (χ2v) is 8.22. The normalized spacial score (nSPS) is 26.8. The molecule has 0 aromatic carbocycles. The lowest BCUT2D eigenvalue weighted by Crippen LogP contribution is -2.59. The number of methoxy groups -OCH3 is 1. The van der Waals surface area contributed by atoms with Gasteiger partial charge in [0.1, 0.15) is 24.4 Å². The van der Waals surface area contributed by atoms with Crippen molar-refractivity contribution in [2.45, 2.75) is 58.4 Å². The van der Waals surface area contributed by atoms with Gasteiger partial charge in [-0.3, -0.25) is 0 Å². The molecular weight excluding hydrogens is 468 g/mol. The van der Waals surface area contributed by atoms with Crippen molar-refractivity contribution in [3.8, 4) is 0 Å². The molecule has 5 atom stereocenters. The summed E-state index contributed by atoms with van der Waals surface area (Å²) in [6.45, 7) is 6.38. The Kier molecular flexibility index (Phi) is 13.6. The highest BCUT2D eigenvalue weighted by atomic mass is 16.7. The molecule has 1 fully saturated rings. The molecule has 0 saturated carbocycles. The SMILES string of the molecule is COC(=O)C(C)=CC=CC(C)=CC=CC=C(C)C=CC=C(C)C(=O)OC1OC(CO)C(O)C(O)C1O. The van der Waals surface area contributed by atoms with Gasteiger partial charge in [0.05, 0.1) is 13.7 Å². The first-order valence-corrected chi connectivity index (χ1v) is 11.3. The first kappa shape index (κ1) is 31.0. The van der Waals surface area contributed by atoms with Gasteiger partial charge in [-0.15, -0.1) is 0 Å². The Morgan fingerprint density at radius 2 is 1.25 bits per heavy atom. The lowest BCUT2D eigenvalue weighted by atomic mass is 9.99. The Balaban J connectivity index is 2.64. The third kappa shape index (κ3) is 10.3. The summed E-state index contributed by atoms with van der Waals surface area (Å²) in [7, 11) is 1.34. The Morgan fingerprint density at radius 1 is 0.750 bits per heavy atom. The minimum absolute atomic E-state index is 0.216. The van der Waals surface area contributed by atoms with Crippen LogP contribution in [0.4, 0.5) is 0 Å². The zero-order chi connectivity index (χ0) is 27.3. The summed E-state index contributed by atoms with van der Waals surface area (Å²) < 4.78 is 14.9. The smallest absolute Gasteiger partial charge is 0.336 e. The van der Waals surface area contributed by atoms with Crippen LogP contribution in [-0.4, -0.2) is 76.8 Å². The van der Waals surface area contributed by atoms with Crippen molar-refractivity contribution in [2.75, 3.05) is 13.7 Å². The topological polar surface area (TPSA) is 143 Å². The summed E-state index contributed by atoms with van der Waals surface area (Å²) in [5.74, 6) is -1.15. The molecule has 0 aromatic rings. The monoisotopic (exact) mass is 504 g/mol. The van der Waals surface area contributed by atoms with Crippen LogP contribution in [0.3, 0.4) is 0 Å². The molecular formula is C27H36O9. The molecule has 1 aliphatic heterocycles. The second-order valence-electron chi connectivity index (χ2n) is 8.22. The van der Waals surface area contributed by atoms with Crippen LogP contribution in [0, 0.1) is 0 Å². The molecule has 9 heteroatoms. The highest BCUT2D eigenvalue weighted by Crippen LogP contribution is 2.22. The van der Waals surface area contributed by atoms with E-state index >= 15 is 0 Å². The standard InChI is InChI=1S/C27H36O9/c1-17(12-8-14-19(3)25(32)34-5)10-6-7-11-18(2)13-9-15-20(4)26(33)36-27-24(31)23(30)22(29)21(16-28)35-27/h6-15,21-24,27-31H,16H2,1-5H3. The van der Waals surface area contributed by atoms with E-state index in [9.17, 15) is 30.0 Å². The van der Waals surface area contributed by atoms with Crippen molar-refractivity contribution >= 4 is 11.9 Å². The number of allylic oxidation sites excluding steroid dienone is 12. The second kappa shape index (κ2) is 15.8. The van der Waals surface area contributed by atoms with E-state index < -0.39 is 43.3 Å². The minimum Gasteiger partial charge on any atom is -0.466 e. The van der Waals surface area contributed by atoms with Gasteiger partial charge in [-0.05, 0) is 27.7 Å². The van der Waals surface area contributed by atoms with Crippen LogP contribution >= 0.6 is 0 Å². The maximum atomic E-state index is 12.3. The molecule has 5 unspecified atom stereocenters. The Morgan fingerprint density at radius 3 is 1.72 bits per heavy atom. The number of ether oxygens (including phenoxy) is 3. The number of hydrogen-bond donors (Lipinski definition) is 4. The first-order chi connectivity index (χ1) is 17.0. The summed E-state index contributed by atoms with van der Waals surface area (Å²) in [6, 6.07) is 0. The fraction of sp³-hybridized carbons (Fsp3) is 0.407. The van der Waals surface area contributed by atoms with Crippen molar-refractivity contribution in [1.82, 2.24) is 0 Å². The van der Waals surface area contributed by atoms with Gasteiger partial charge < -0.3 is 34.6 Å². The number of hydrogen-bond acceptors (Lipinski definition) is 9. The third-order valence-electron chi connectivity index (χ3n) is 5.14.